The molecule has 102 valence electrons. The number of benzene rings is 1. The molecule has 2 aromatic rings. The lowest BCUT2D eigenvalue weighted by Crippen LogP contribution is -2.17. The molecule has 0 fully saturated rings. The van der Waals surface area contributed by atoms with Gasteiger partial charge in [-0.15, -0.1) is 0 Å². The van der Waals surface area contributed by atoms with Gasteiger partial charge >= 0.3 is 0 Å². The lowest BCUT2D eigenvalue weighted by molar-refractivity contribution is 0.522. The molecule has 0 bridgehead atoms. The van der Waals surface area contributed by atoms with Crippen molar-refractivity contribution in [2.24, 2.45) is 0 Å². The zero-order valence-corrected chi connectivity index (χ0v) is 10.6. The maximum Gasteiger partial charge on any atom is 0.268 e. The van der Waals surface area contributed by atoms with Gasteiger partial charge in [-0.1, -0.05) is 0 Å². The van der Waals surface area contributed by atoms with Crippen LogP contribution in [0.15, 0.2) is 23.2 Å². The molecule has 0 radical (unpaired) electrons. The van der Waals surface area contributed by atoms with Crippen molar-refractivity contribution < 1.29 is 17.2 Å². The van der Waals surface area contributed by atoms with E-state index in [2.05, 4.69) is 10.2 Å². The van der Waals surface area contributed by atoms with E-state index >= 15 is 0 Å². The van der Waals surface area contributed by atoms with E-state index in [9.17, 15) is 17.2 Å². The van der Waals surface area contributed by atoms with E-state index < -0.39 is 26.6 Å². The van der Waals surface area contributed by atoms with Crippen molar-refractivity contribution in [2.75, 3.05) is 10.5 Å². The van der Waals surface area contributed by atoms with Gasteiger partial charge in [-0.2, -0.15) is 5.10 Å². The first-order valence-corrected chi connectivity index (χ1v) is 6.57. The Bertz CT molecular complexity index is 704. The van der Waals surface area contributed by atoms with Gasteiger partial charge in [0.25, 0.3) is 10.0 Å². The lowest BCUT2D eigenvalue weighted by Gasteiger charge is -2.09. The number of aryl methyl sites for hydroxylation is 1. The predicted octanol–water partition coefficient (Wildman–Crippen LogP) is 1.38. The van der Waals surface area contributed by atoms with Gasteiger partial charge < -0.3 is 5.73 Å². The van der Waals surface area contributed by atoms with Crippen LogP contribution in [-0.4, -0.2) is 18.6 Å². The summed E-state index contributed by atoms with van der Waals surface area (Å²) in [6, 6.07) is 1.47. The second-order valence-electron chi connectivity index (χ2n) is 3.85. The van der Waals surface area contributed by atoms with Crippen molar-refractivity contribution in [3.05, 3.63) is 35.5 Å². The fourth-order valence-electron chi connectivity index (χ4n) is 1.47. The molecule has 4 N–H and O–H groups in total. The van der Waals surface area contributed by atoms with Gasteiger partial charge in [-0.25, -0.2) is 17.2 Å². The third-order valence-corrected chi connectivity index (χ3v) is 3.75. The Morgan fingerprint density at radius 1 is 1.32 bits per heavy atom. The number of aromatic nitrogens is 2. The Labute approximate surface area is 107 Å². The highest BCUT2D eigenvalue weighted by Crippen LogP contribution is 2.24. The first-order valence-electron chi connectivity index (χ1n) is 5.08. The van der Waals surface area contributed by atoms with E-state index in [0.717, 1.165) is 12.1 Å². The Kier molecular flexibility index (Phi) is 3.14. The van der Waals surface area contributed by atoms with E-state index in [1.807, 2.05) is 4.72 Å². The number of nitrogen functional groups attached to an aromatic ring is 1. The molecule has 0 saturated carbocycles. The monoisotopic (exact) mass is 288 g/mol. The summed E-state index contributed by atoms with van der Waals surface area (Å²) >= 11 is 0. The van der Waals surface area contributed by atoms with Gasteiger partial charge in [0, 0.05) is 11.3 Å². The third-order valence-electron chi connectivity index (χ3n) is 2.35. The fourth-order valence-corrected chi connectivity index (χ4v) is 2.68. The SMILES string of the molecule is Cc1cn[nH]c1NS(=O)(=O)c1c(F)cc(N)cc1F. The quantitative estimate of drug-likeness (QED) is 0.743. The molecule has 6 nitrogen and oxygen atoms in total. The molecule has 0 saturated heterocycles. The van der Waals surface area contributed by atoms with Crippen LogP contribution >= 0.6 is 0 Å². The molecule has 9 heteroatoms. The van der Waals surface area contributed by atoms with Gasteiger partial charge in [-0.05, 0) is 19.1 Å². The van der Waals surface area contributed by atoms with Crippen LogP contribution in [-0.2, 0) is 10.0 Å². The van der Waals surface area contributed by atoms with Crippen molar-refractivity contribution >= 4 is 21.5 Å². The Morgan fingerprint density at radius 2 is 1.89 bits per heavy atom. The molecule has 2 rings (SSSR count). The summed E-state index contributed by atoms with van der Waals surface area (Å²) in [6.45, 7) is 1.58. The fraction of sp³-hybridized carbons (Fsp3) is 0.100. The Hall–Kier alpha value is -2.16. The minimum Gasteiger partial charge on any atom is -0.399 e. The summed E-state index contributed by atoms with van der Waals surface area (Å²) in [4.78, 5) is -1.09. The third kappa shape index (κ3) is 2.50. The number of hydrogen-bond acceptors (Lipinski definition) is 4. The smallest absolute Gasteiger partial charge is 0.268 e. The normalized spacial score (nSPS) is 11.5. The molecule has 0 aliphatic heterocycles. The number of H-pyrrole nitrogens is 1. The summed E-state index contributed by atoms with van der Waals surface area (Å²) in [6.07, 6.45) is 1.37. The van der Waals surface area contributed by atoms with Gasteiger partial charge in [0.05, 0.1) is 6.20 Å². The predicted molar refractivity (Wildman–Crippen MR) is 64.9 cm³/mol. The summed E-state index contributed by atoms with van der Waals surface area (Å²) < 4.78 is 53.0. The summed E-state index contributed by atoms with van der Waals surface area (Å²) in [5, 5.41) is 5.97. The van der Waals surface area contributed by atoms with Crippen LogP contribution in [0.3, 0.4) is 0 Å². The van der Waals surface area contributed by atoms with E-state index in [-0.39, 0.29) is 11.5 Å². The molecule has 0 aliphatic rings. The van der Waals surface area contributed by atoms with Crippen LogP contribution in [0, 0.1) is 18.6 Å². The number of aromatic amines is 1. The topological polar surface area (TPSA) is 101 Å². The second kappa shape index (κ2) is 4.50. The molecule has 19 heavy (non-hydrogen) atoms. The zero-order chi connectivity index (χ0) is 14.2. The van der Waals surface area contributed by atoms with E-state index in [0.29, 0.717) is 5.56 Å². The van der Waals surface area contributed by atoms with Gasteiger partial charge in [-0.3, -0.25) is 9.82 Å². The zero-order valence-electron chi connectivity index (χ0n) is 9.74. The average molecular weight is 288 g/mol. The molecule has 0 spiro atoms. The second-order valence-corrected chi connectivity index (χ2v) is 5.47. The van der Waals surface area contributed by atoms with Crippen LogP contribution < -0.4 is 10.5 Å². The number of nitrogens with zero attached hydrogens (tertiary/aromatic N) is 1. The molecular weight excluding hydrogens is 278 g/mol. The average Bonchev–Trinajstić information content (AvgIpc) is 2.61. The highest BCUT2D eigenvalue weighted by molar-refractivity contribution is 7.92. The first-order chi connectivity index (χ1) is 8.81. The molecule has 1 heterocycles. The maximum atomic E-state index is 13.6. The van der Waals surface area contributed by atoms with Gasteiger partial charge in [0.1, 0.15) is 17.5 Å². The lowest BCUT2D eigenvalue weighted by atomic mass is 10.3. The highest BCUT2D eigenvalue weighted by Gasteiger charge is 2.25. The number of anilines is 2. The van der Waals surface area contributed by atoms with Gasteiger partial charge in [0.15, 0.2) is 4.90 Å². The first kappa shape index (κ1) is 13.3. The number of nitrogens with two attached hydrogens (primary N) is 1. The number of nitrogens with one attached hydrogen (secondary N) is 2. The van der Waals surface area contributed by atoms with E-state index in [1.165, 1.54) is 6.20 Å². The molecule has 1 aromatic heterocycles. The van der Waals surface area contributed by atoms with Crippen LogP contribution in [0.2, 0.25) is 0 Å². The Balaban J connectivity index is 2.49. The molecular formula is C10H10F2N4O2S. The minimum atomic E-state index is -4.41. The number of sulfonamides is 1. The largest absolute Gasteiger partial charge is 0.399 e. The Morgan fingerprint density at radius 3 is 2.37 bits per heavy atom. The minimum absolute atomic E-state index is 0.0376. The highest BCUT2D eigenvalue weighted by atomic mass is 32.2. The van der Waals surface area contributed by atoms with Crippen molar-refractivity contribution in [1.29, 1.82) is 0 Å². The van der Waals surface area contributed by atoms with Gasteiger partial charge in [0.2, 0.25) is 0 Å². The molecule has 0 amide bonds. The van der Waals surface area contributed by atoms with Crippen molar-refractivity contribution in [3.63, 3.8) is 0 Å². The summed E-state index contributed by atoms with van der Waals surface area (Å²) in [5.74, 6) is -2.49. The van der Waals surface area contributed by atoms with Crippen LogP contribution in [0.5, 0.6) is 0 Å². The summed E-state index contributed by atoms with van der Waals surface area (Å²) in [7, 11) is -4.41. The van der Waals surface area contributed by atoms with Crippen molar-refractivity contribution in [2.45, 2.75) is 11.8 Å². The van der Waals surface area contributed by atoms with E-state index in [4.69, 9.17) is 5.73 Å². The standard InChI is InChI=1S/C10H10F2N4O2S/c1-5-4-14-15-10(5)16-19(17,18)9-7(11)2-6(13)3-8(9)12/h2-4H,13H2,1H3,(H2,14,15,16). The molecule has 0 atom stereocenters. The van der Waals surface area contributed by atoms with Crippen molar-refractivity contribution in [3.8, 4) is 0 Å². The number of halogens is 2. The molecule has 0 unspecified atom stereocenters. The molecule has 1 aromatic carbocycles. The van der Waals surface area contributed by atoms with Crippen LogP contribution in [0.1, 0.15) is 5.56 Å². The van der Waals surface area contributed by atoms with Crippen molar-refractivity contribution in [1.82, 2.24) is 10.2 Å². The van der Waals surface area contributed by atoms with E-state index in [1.54, 1.807) is 6.92 Å². The van der Waals surface area contributed by atoms with Crippen LogP contribution in [0.25, 0.3) is 0 Å². The number of hydrogen-bond donors (Lipinski definition) is 3. The molecule has 0 aliphatic carbocycles. The maximum absolute atomic E-state index is 13.6. The summed E-state index contributed by atoms with van der Waals surface area (Å²) in [5.41, 5.74) is 5.50. The number of rotatable bonds is 3. The van der Waals surface area contributed by atoms with Crippen LogP contribution in [0.4, 0.5) is 20.3 Å².